The number of nitrogens with one attached hydrogen (secondary N) is 1. The van der Waals surface area contributed by atoms with E-state index in [1.165, 1.54) is 23.1 Å². The fourth-order valence-corrected chi connectivity index (χ4v) is 2.38. The van der Waals surface area contributed by atoms with Gasteiger partial charge in [0, 0.05) is 12.2 Å². The standard InChI is InChI=1S/C14H17FN2O3/c1-9-5-6-17(12(7-9)13(18)19)14(20)16-11-4-2-3-10(15)8-11/h2-4,8-9,12H,5-7H2,1H3,(H,16,20)(H,18,19). The van der Waals surface area contributed by atoms with Crippen LogP contribution in [0.4, 0.5) is 14.9 Å². The summed E-state index contributed by atoms with van der Waals surface area (Å²) < 4.78 is 13.1. The number of nitrogens with zero attached hydrogens (tertiary/aromatic N) is 1. The number of carbonyl (C=O) groups excluding carboxylic acids is 1. The molecule has 5 nitrogen and oxygen atoms in total. The van der Waals surface area contributed by atoms with Gasteiger partial charge in [0.05, 0.1) is 0 Å². The molecule has 1 aromatic rings. The minimum Gasteiger partial charge on any atom is -0.480 e. The van der Waals surface area contributed by atoms with Crippen molar-refractivity contribution in [3.8, 4) is 0 Å². The van der Waals surface area contributed by atoms with Crippen LogP contribution in [-0.4, -0.2) is 34.6 Å². The van der Waals surface area contributed by atoms with Crippen molar-refractivity contribution in [2.24, 2.45) is 5.92 Å². The molecule has 0 saturated carbocycles. The lowest BCUT2D eigenvalue weighted by molar-refractivity contribution is -0.143. The number of anilines is 1. The van der Waals surface area contributed by atoms with Gasteiger partial charge in [-0.2, -0.15) is 0 Å². The molecule has 2 unspecified atom stereocenters. The summed E-state index contributed by atoms with van der Waals surface area (Å²) in [6, 6.07) is 4.18. The first-order valence-electron chi connectivity index (χ1n) is 6.53. The van der Waals surface area contributed by atoms with E-state index in [0.29, 0.717) is 18.7 Å². The zero-order valence-corrected chi connectivity index (χ0v) is 11.2. The summed E-state index contributed by atoms with van der Waals surface area (Å²) in [6.45, 7) is 2.36. The maximum Gasteiger partial charge on any atom is 0.326 e. The number of carbonyl (C=O) groups is 2. The van der Waals surface area contributed by atoms with E-state index in [1.54, 1.807) is 6.07 Å². The Morgan fingerprint density at radius 1 is 1.45 bits per heavy atom. The molecule has 0 spiro atoms. The van der Waals surface area contributed by atoms with E-state index in [0.717, 1.165) is 6.42 Å². The van der Waals surface area contributed by atoms with E-state index < -0.39 is 23.9 Å². The van der Waals surface area contributed by atoms with Gasteiger partial charge in [0.1, 0.15) is 11.9 Å². The Kier molecular flexibility index (Phi) is 4.22. The molecule has 0 bridgehead atoms. The van der Waals surface area contributed by atoms with E-state index in [9.17, 15) is 19.1 Å². The molecule has 108 valence electrons. The summed E-state index contributed by atoms with van der Waals surface area (Å²) in [5.41, 5.74) is 0.317. The molecule has 0 aromatic heterocycles. The van der Waals surface area contributed by atoms with Crippen molar-refractivity contribution in [3.63, 3.8) is 0 Å². The Morgan fingerprint density at radius 2 is 2.20 bits per heavy atom. The Morgan fingerprint density at radius 3 is 2.85 bits per heavy atom. The van der Waals surface area contributed by atoms with Crippen LogP contribution in [0, 0.1) is 11.7 Å². The number of hydrogen-bond acceptors (Lipinski definition) is 2. The number of likely N-dealkylation sites (tertiary alicyclic amines) is 1. The Bertz CT molecular complexity index is 521. The molecule has 2 N–H and O–H groups in total. The number of benzene rings is 1. The molecule has 1 aliphatic rings. The van der Waals surface area contributed by atoms with Gasteiger partial charge < -0.3 is 15.3 Å². The maximum absolute atomic E-state index is 13.1. The summed E-state index contributed by atoms with van der Waals surface area (Å²) in [4.78, 5) is 24.7. The van der Waals surface area contributed by atoms with Crippen LogP contribution in [0.25, 0.3) is 0 Å². The maximum atomic E-state index is 13.1. The second-order valence-electron chi connectivity index (χ2n) is 5.12. The molecular weight excluding hydrogens is 263 g/mol. The predicted octanol–water partition coefficient (Wildman–Crippen LogP) is 2.54. The van der Waals surface area contributed by atoms with Crippen molar-refractivity contribution in [3.05, 3.63) is 30.1 Å². The van der Waals surface area contributed by atoms with Crippen molar-refractivity contribution < 1.29 is 19.1 Å². The monoisotopic (exact) mass is 280 g/mol. The predicted molar refractivity (Wildman–Crippen MR) is 71.9 cm³/mol. The Balaban J connectivity index is 2.09. The Hall–Kier alpha value is -2.11. The van der Waals surface area contributed by atoms with Crippen LogP contribution >= 0.6 is 0 Å². The SMILES string of the molecule is CC1CCN(C(=O)Nc2cccc(F)c2)C(C(=O)O)C1. The quantitative estimate of drug-likeness (QED) is 0.874. The van der Waals surface area contributed by atoms with Crippen molar-refractivity contribution in [2.75, 3.05) is 11.9 Å². The molecule has 1 saturated heterocycles. The highest BCUT2D eigenvalue weighted by Crippen LogP contribution is 2.23. The highest BCUT2D eigenvalue weighted by atomic mass is 19.1. The Labute approximate surface area is 116 Å². The van der Waals surface area contributed by atoms with Crippen molar-refractivity contribution in [2.45, 2.75) is 25.8 Å². The molecule has 0 radical (unpaired) electrons. The first-order chi connectivity index (χ1) is 9.47. The second kappa shape index (κ2) is 5.90. The van der Waals surface area contributed by atoms with Gasteiger partial charge in [0.2, 0.25) is 0 Å². The molecule has 0 aliphatic carbocycles. The lowest BCUT2D eigenvalue weighted by atomic mass is 9.93. The average Bonchev–Trinajstić information content (AvgIpc) is 2.38. The molecule has 1 heterocycles. The number of amides is 2. The van der Waals surface area contributed by atoms with Crippen LogP contribution in [0.15, 0.2) is 24.3 Å². The molecule has 1 fully saturated rings. The summed E-state index contributed by atoms with van der Waals surface area (Å²) >= 11 is 0. The van der Waals surface area contributed by atoms with Crippen molar-refractivity contribution in [1.29, 1.82) is 0 Å². The van der Waals surface area contributed by atoms with Gasteiger partial charge in [-0.3, -0.25) is 0 Å². The van der Waals surface area contributed by atoms with Crippen LogP contribution < -0.4 is 5.32 Å². The number of urea groups is 1. The topological polar surface area (TPSA) is 69.6 Å². The number of piperidine rings is 1. The lowest BCUT2D eigenvalue weighted by Crippen LogP contribution is -2.51. The van der Waals surface area contributed by atoms with Gasteiger partial charge >= 0.3 is 12.0 Å². The number of carboxylic acids is 1. The van der Waals surface area contributed by atoms with E-state index in [4.69, 9.17) is 0 Å². The van der Waals surface area contributed by atoms with Gasteiger partial charge in [-0.25, -0.2) is 14.0 Å². The molecule has 2 amide bonds. The molecular formula is C14H17FN2O3. The third kappa shape index (κ3) is 3.26. The zero-order valence-electron chi connectivity index (χ0n) is 11.2. The average molecular weight is 280 g/mol. The normalized spacial score (nSPS) is 22.4. The highest BCUT2D eigenvalue weighted by Gasteiger charge is 2.34. The van der Waals surface area contributed by atoms with Crippen LogP contribution in [0.1, 0.15) is 19.8 Å². The highest BCUT2D eigenvalue weighted by molar-refractivity contribution is 5.92. The first kappa shape index (κ1) is 14.3. The summed E-state index contributed by atoms with van der Waals surface area (Å²) in [5, 5.41) is 11.7. The zero-order chi connectivity index (χ0) is 14.7. The summed E-state index contributed by atoms with van der Waals surface area (Å²) in [6.07, 6.45) is 1.20. The second-order valence-corrected chi connectivity index (χ2v) is 5.12. The molecule has 1 aromatic carbocycles. The van der Waals surface area contributed by atoms with E-state index in [-0.39, 0.29) is 5.92 Å². The number of rotatable bonds is 2. The van der Waals surface area contributed by atoms with Crippen LogP contribution in [-0.2, 0) is 4.79 Å². The number of carboxylic acid groups (broad SMARTS) is 1. The fourth-order valence-electron chi connectivity index (χ4n) is 2.38. The number of hydrogen-bond donors (Lipinski definition) is 2. The van der Waals surface area contributed by atoms with Gasteiger partial charge in [0.25, 0.3) is 0 Å². The first-order valence-corrected chi connectivity index (χ1v) is 6.53. The summed E-state index contributed by atoms with van der Waals surface area (Å²) in [7, 11) is 0. The van der Waals surface area contributed by atoms with Crippen LogP contribution in [0.3, 0.4) is 0 Å². The van der Waals surface area contributed by atoms with Gasteiger partial charge in [-0.05, 0) is 37.0 Å². The molecule has 2 atom stereocenters. The van der Waals surface area contributed by atoms with Gasteiger partial charge in [-0.1, -0.05) is 13.0 Å². The lowest BCUT2D eigenvalue weighted by Gasteiger charge is -2.35. The van der Waals surface area contributed by atoms with E-state index in [2.05, 4.69) is 5.32 Å². The van der Waals surface area contributed by atoms with Crippen LogP contribution in [0.5, 0.6) is 0 Å². The minimum absolute atomic E-state index is 0.273. The van der Waals surface area contributed by atoms with Crippen LogP contribution in [0.2, 0.25) is 0 Å². The molecule has 2 rings (SSSR count). The minimum atomic E-state index is -1.01. The van der Waals surface area contributed by atoms with E-state index >= 15 is 0 Å². The summed E-state index contributed by atoms with van der Waals surface area (Å²) in [5.74, 6) is -1.19. The van der Waals surface area contributed by atoms with E-state index in [1.807, 2.05) is 6.92 Å². The largest absolute Gasteiger partial charge is 0.480 e. The molecule has 6 heteroatoms. The fraction of sp³-hybridized carbons (Fsp3) is 0.429. The van der Waals surface area contributed by atoms with Gasteiger partial charge in [-0.15, -0.1) is 0 Å². The number of halogens is 1. The molecule has 20 heavy (non-hydrogen) atoms. The van der Waals surface area contributed by atoms with Crippen molar-refractivity contribution >= 4 is 17.7 Å². The molecule has 1 aliphatic heterocycles. The third-order valence-electron chi connectivity index (χ3n) is 3.49. The number of aliphatic carboxylic acids is 1. The smallest absolute Gasteiger partial charge is 0.326 e. The third-order valence-corrected chi connectivity index (χ3v) is 3.49. The van der Waals surface area contributed by atoms with Crippen molar-refractivity contribution in [1.82, 2.24) is 4.90 Å². The van der Waals surface area contributed by atoms with Gasteiger partial charge in [0.15, 0.2) is 0 Å².